The van der Waals surface area contributed by atoms with Crippen molar-refractivity contribution in [3.8, 4) is 0 Å². The van der Waals surface area contributed by atoms with Crippen LogP contribution in [0.15, 0.2) is 4.99 Å². The molecule has 0 aliphatic carbocycles. The van der Waals surface area contributed by atoms with E-state index in [2.05, 4.69) is 31.0 Å². The number of amides is 1. The second kappa shape index (κ2) is 30.0. The molecule has 0 spiro atoms. The van der Waals surface area contributed by atoms with Crippen LogP contribution in [0.2, 0.25) is 0 Å². The molecule has 0 saturated heterocycles. The van der Waals surface area contributed by atoms with Gasteiger partial charge in [-0.05, 0) is 19.3 Å². The Kier molecular flexibility index (Phi) is 27.8. The second-order valence-corrected chi connectivity index (χ2v) is 13.3. The monoisotopic (exact) mass is 590 g/mol. The van der Waals surface area contributed by atoms with Crippen LogP contribution in [-0.2, 0) is 4.79 Å². The molecule has 4 heteroatoms. The molecule has 1 aliphatic heterocycles. The maximum absolute atomic E-state index is 12.7. The van der Waals surface area contributed by atoms with Crippen molar-refractivity contribution in [3.05, 3.63) is 0 Å². The minimum atomic E-state index is 0.118. The first-order chi connectivity index (χ1) is 20.7. The number of carbonyl (C=O) groups excluding carboxylic acids is 1. The van der Waals surface area contributed by atoms with Gasteiger partial charge in [0.15, 0.2) is 0 Å². The van der Waals surface area contributed by atoms with Crippen molar-refractivity contribution in [2.75, 3.05) is 13.1 Å². The first-order valence-electron chi connectivity index (χ1n) is 19.3. The minimum Gasteiger partial charge on any atom is -0.338 e. The SMILES string of the molecule is CCCCCCCCCCCCCCCCC1=NCCN1C(CC)NC(=O)CCCCCCCCCCCCCCC. The van der Waals surface area contributed by atoms with Crippen molar-refractivity contribution in [1.29, 1.82) is 0 Å². The number of hydrogen-bond donors (Lipinski definition) is 1. The van der Waals surface area contributed by atoms with E-state index in [1.54, 1.807) is 0 Å². The first-order valence-corrected chi connectivity index (χ1v) is 19.3. The summed E-state index contributed by atoms with van der Waals surface area (Å²) < 4.78 is 0. The molecule has 0 bridgehead atoms. The highest BCUT2D eigenvalue weighted by Crippen LogP contribution is 2.17. The molecule has 1 rings (SSSR count). The van der Waals surface area contributed by atoms with Gasteiger partial charge in [0.2, 0.25) is 5.91 Å². The van der Waals surface area contributed by atoms with Gasteiger partial charge in [-0.15, -0.1) is 0 Å². The summed E-state index contributed by atoms with van der Waals surface area (Å²) >= 11 is 0. The molecule has 42 heavy (non-hydrogen) atoms. The quantitative estimate of drug-likeness (QED) is 0.0793. The number of nitrogens with one attached hydrogen (secondary N) is 1. The lowest BCUT2D eigenvalue weighted by molar-refractivity contribution is -0.122. The van der Waals surface area contributed by atoms with Crippen LogP contribution < -0.4 is 5.32 Å². The topological polar surface area (TPSA) is 44.7 Å². The predicted octanol–water partition coefficient (Wildman–Crippen LogP) is 11.9. The van der Waals surface area contributed by atoms with E-state index in [4.69, 9.17) is 4.99 Å². The summed E-state index contributed by atoms with van der Waals surface area (Å²) in [6.07, 6.45) is 39.8. The Bertz CT molecular complexity index is 619. The van der Waals surface area contributed by atoms with Crippen molar-refractivity contribution in [3.63, 3.8) is 0 Å². The molecule has 0 aromatic carbocycles. The van der Waals surface area contributed by atoms with Crippen LogP contribution in [0.5, 0.6) is 0 Å². The summed E-state index contributed by atoms with van der Waals surface area (Å²) in [5.74, 6) is 1.47. The van der Waals surface area contributed by atoms with E-state index >= 15 is 0 Å². The maximum Gasteiger partial charge on any atom is 0.221 e. The van der Waals surface area contributed by atoms with Crippen LogP contribution in [0.3, 0.4) is 0 Å². The van der Waals surface area contributed by atoms with Crippen LogP contribution in [0.4, 0.5) is 0 Å². The normalized spacial score (nSPS) is 14.0. The van der Waals surface area contributed by atoms with Crippen molar-refractivity contribution in [1.82, 2.24) is 10.2 Å². The van der Waals surface area contributed by atoms with Crippen LogP contribution >= 0.6 is 0 Å². The Morgan fingerprint density at radius 3 is 1.38 bits per heavy atom. The van der Waals surface area contributed by atoms with Crippen molar-refractivity contribution in [2.24, 2.45) is 4.99 Å². The lowest BCUT2D eigenvalue weighted by atomic mass is 10.0. The van der Waals surface area contributed by atoms with E-state index in [1.165, 1.54) is 173 Å². The minimum absolute atomic E-state index is 0.118. The zero-order valence-corrected chi connectivity index (χ0v) is 29.0. The molecule has 1 unspecified atom stereocenters. The van der Waals surface area contributed by atoms with Gasteiger partial charge in [0, 0.05) is 19.4 Å². The fourth-order valence-electron chi connectivity index (χ4n) is 6.50. The summed E-state index contributed by atoms with van der Waals surface area (Å²) in [5.41, 5.74) is 0. The van der Waals surface area contributed by atoms with Gasteiger partial charge in [0.05, 0.1) is 6.54 Å². The fraction of sp³-hybridized carbons (Fsp3) is 0.947. The van der Waals surface area contributed by atoms with E-state index in [0.717, 1.165) is 32.4 Å². The lowest BCUT2D eigenvalue weighted by Crippen LogP contribution is -2.49. The highest BCUT2D eigenvalue weighted by molar-refractivity contribution is 5.85. The van der Waals surface area contributed by atoms with Crippen molar-refractivity contribution in [2.45, 2.75) is 220 Å². The molecule has 0 fully saturated rings. The van der Waals surface area contributed by atoms with E-state index < -0.39 is 0 Å². The highest BCUT2D eigenvalue weighted by atomic mass is 16.1. The Labute approximate surface area is 264 Å². The molecule has 1 amide bonds. The second-order valence-electron chi connectivity index (χ2n) is 13.3. The average molecular weight is 590 g/mol. The molecular formula is C38H75N3O. The molecule has 4 nitrogen and oxygen atoms in total. The molecule has 0 aromatic heterocycles. The van der Waals surface area contributed by atoms with Gasteiger partial charge in [-0.3, -0.25) is 9.79 Å². The van der Waals surface area contributed by atoms with Gasteiger partial charge < -0.3 is 10.2 Å². The Balaban J connectivity index is 2.01. The molecule has 248 valence electrons. The van der Waals surface area contributed by atoms with Gasteiger partial charge in [0.25, 0.3) is 0 Å². The molecule has 1 N–H and O–H groups in total. The molecule has 0 aromatic rings. The van der Waals surface area contributed by atoms with Gasteiger partial charge in [0.1, 0.15) is 12.0 Å². The fourth-order valence-corrected chi connectivity index (χ4v) is 6.50. The number of rotatable bonds is 32. The third-order valence-corrected chi connectivity index (χ3v) is 9.32. The summed E-state index contributed by atoms with van der Waals surface area (Å²) in [6.45, 7) is 8.63. The van der Waals surface area contributed by atoms with Gasteiger partial charge >= 0.3 is 0 Å². The molecule has 1 atom stereocenters. The summed E-state index contributed by atoms with van der Waals surface area (Å²) in [4.78, 5) is 19.9. The zero-order valence-electron chi connectivity index (χ0n) is 29.0. The molecule has 1 heterocycles. The summed E-state index contributed by atoms with van der Waals surface area (Å²) in [6, 6.07) is 0. The number of aliphatic imine (C=N–C) groups is 1. The van der Waals surface area contributed by atoms with Crippen LogP contribution in [0.1, 0.15) is 213 Å². The van der Waals surface area contributed by atoms with Crippen LogP contribution in [-0.4, -0.2) is 35.9 Å². The number of nitrogens with zero attached hydrogens (tertiary/aromatic N) is 2. The summed E-state index contributed by atoms with van der Waals surface area (Å²) in [7, 11) is 0. The summed E-state index contributed by atoms with van der Waals surface area (Å²) in [5, 5.41) is 3.34. The van der Waals surface area contributed by atoms with E-state index in [1.807, 2.05) is 0 Å². The van der Waals surface area contributed by atoms with Crippen LogP contribution in [0.25, 0.3) is 0 Å². The van der Waals surface area contributed by atoms with Gasteiger partial charge in [-0.2, -0.15) is 0 Å². The molecule has 1 aliphatic rings. The Hall–Kier alpha value is -1.06. The van der Waals surface area contributed by atoms with Crippen molar-refractivity contribution < 1.29 is 4.79 Å². The average Bonchev–Trinajstić information content (AvgIpc) is 3.46. The smallest absolute Gasteiger partial charge is 0.221 e. The van der Waals surface area contributed by atoms with Gasteiger partial charge in [-0.1, -0.05) is 181 Å². The first kappa shape index (κ1) is 39.0. The predicted molar refractivity (Wildman–Crippen MR) is 186 cm³/mol. The van der Waals surface area contributed by atoms with Crippen LogP contribution in [0, 0.1) is 0 Å². The standard InChI is InChI=1S/C38H75N3O/c1-4-7-9-11-13-15-17-19-21-22-24-26-28-30-32-37-39-34-35-41(37)36(6-3)40-38(42)33-31-29-27-25-23-20-18-16-14-12-10-8-5-2/h36H,4-35H2,1-3H3,(H,40,42). The zero-order chi connectivity index (χ0) is 30.4. The van der Waals surface area contributed by atoms with E-state index in [9.17, 15) is 4.79 Å². The Morgan fingerprint density at radius 1 is 0.595 bits per heavy atom. The third kappa shape index (κ3) is 22.5. The molecular weight excluding hydrogens is 514 g/mol. The molecule has 0 radical (unpaired) electrons. The number of unbranched alkanes of at least 4 members (excludes halogenated alkanes) is 25. The lowest BCUT2D eigenvalue weighted by Gasteiger charge is -2.30. The van der Waals surface area contributed by atoms with E-state index in [-0.39, 0.29) is 12.1 Å². The molecule has 0 saturated carbocycles. The number of amidine groups is 1. The van der Waals surface area contributed by atoms with Crippen molar-refractivity contribution >= 4 is 11.7 Å². The number of carbonyl (C=O) groups is 1. The van der Waals surface area contributed by atoms with Gasteiger partial charge in [-0.25, -0.2) is 0 Å². The maximum atomic E-state index is 12.7. The van der Waals surface area contributed by atoms with E-state index in [0.29, 0.717) is 6.42 Å². The Morgan fingerprint density at radius 2 is 0.976 bits per heavy atom. The largest absolute Gasteiger partial charge is 0.338 e. The third-order valence-electron chi connectivity index (χ3n) is 9.32. The number of hydrogen-bond acceptors (Lipinski definition) is 3. The highest BCUT2D eigenvalue weighted by Gasteiger charge is 2.24.